The highest BCUT2D eigenvalue weighted by molar-refractivity contribution is 5.74. The number of carbonyl (C=O) groups excluding carboxylic acids is 1. The van der Waals surface area contributed by atoms with Crippen LogP contribution in [0.4, 0.5) is 4.79 Å². The van der Waals surface area contributed by atoms with Crippen LogP contribution in [0.25, 0.3) is 0 Å². The van der Waals surface area contributed by atoms with E-state index in [0.717, 1.165) is 6.42 Å². The summed E-state index contributed by atoms with van der Waals surface area (Å²) < 4.78 is 5.34. The molecule has 0 aromatic carbocycles. The van der Waals surface area contributed by atoms with Gasteiger partial charge in [0, 0.05) is 19.1 Å². The fourth-order valence-electron chi connectivity index (χ4n) is 2.77. The number of aliphatic carboxylic acids is 1. The van der Waals surface area contributed by atoms with Gasteiger partial charge in [-0.1, -0.05) is 0 Å². The molecule has 6 heteroatoms. The average molecular weight is 270 g/mol. The van der Waals surface area contributed by atoms with Crippen LogP contribution in [-0.2, 0) is 9.53 Å². The lowest BCUT2D eigenvalue weighted by Crippen LogP contribution is -2.51. The molecule has 0 spiro atoms. The molecule has 3 unspecified atom stereocenters. The van der Waals surface area contributed by atoms with E-state index in [1.165, 1.54) is 0 Å². The van der Waals surface area contributed by atoms with Crippen molar-refractivity contribution < 1.29 is 19.4 Å². The molecule has 2 N–H and O–H groups in total. The van der Waals surface area contributed by atoms with Gasteiger partial charge in [0.2, 0.25) is 0 Å². The molecule has 2 saturated heterocycles. The minimum absolute atomic E-state index is 0.0716. The second-order valence-electron chi connectivity index (χ2n) is 6.37. The minimum Gasteiger partial charge on any atom is -0.480 e. The van der Waals surface area contributed by atoms with Crippen molar-refractivity contribution in [2.24, 2.45) is 5.92 Å². The SMILES string of the molecule is CC(C)(C)OC(=O)N1CCC2CC(C(=O)O)NC2C1. The Balaban J connectivity index is 1.92. The number of amides is 1. The number of piperidine rings is 1. The molecule has 0 radical (unpaired) electrons. The number of carboxylic acid groups (broad SMARTS) is 1. The number of hydrogen-bond donors (Lipinski definition) is 2. The molecule has 108 valence electrons. The fourth-order valence-corrected chi connectivity index (χ4v) is 2.77. The van der Waals surface area contributed by atoms with Crippen LogP contribution in [0.1, 0.15) is 33.6 Å². The molecule has 3 atom stereocenters. The summed E-state index contributed by atoms with van der Waals surface area (Å²) in [7, 11) is 0. The average Bonchev–Trinajstić information content (AvgIpc) is 2.69. The van der Waals surface area contributed by atoms with Gasteiger partial charge in [-0.05, 0) is 39.5 Å². The molecule has 2 aliphatic rings. The van der Waals surface area contributed by atoms with Gasteiger partial charge in [-0.15, -0.1) is 0 Å². The van der Waals surface area contributed by atoms with Crippen LogP contribution in [-0.4, -0.2) is 52.8 Å². The van der Waals surface area contributed by atoms with Gasteiger partial charge < -0.3 is 14.7 Å². The number of hydrogen-bond acceptors (Lipinski definition) is 4. The van der Waals surface area contributed by atoms with E-state index >= 15 is 0 Å². The van der Waals surface area contributed by atoms with E-state index in [0.29, 0.717) is 25.4 Å². The standard InChI is InChI=1S/C13H22N2O4/c1-13(2,3)19-12(18)15-5-4-8-6-9(11(16)17)14-10(8)7-15/h8-10,14H,4-7H2,1-3H3,(H,16,17). The van der Waals surface area contributed by atoms with Gasteiger partial charge in [0.15, 0.2) is 0 Å². The Bertz CT molecular complexity index is 377. The van der Waals surface area contributed by atoms with Crippen LogP contribution in [0.2, 0.25) is 0 Å². The van der Waals surface area contributed by atoms with Gasteiger partial charge in [-0.25, -0.2) is 4.79 Å². The lowest BCUT2D eigenvalue weighted by atomic mass is 9.91. The summed E-state index contributed by atoms with van der Waals surface area (Å²) in [6, 6.07) is -0.407. The van der Waals surface area contributed by atoms with Crippen LogP contribution in [0.5, 0.6) is 0 Å². The van der Waals surface area contributed by atoms with Gasteiger partial charge in [0.05, 0.1) is 0 Å². The predicted molar refractivity (Wildman–Crippen MR) is 68.9 cm³/mol. The van der Waals surface area contributed by atoms with Gasteiger partial charge in [-0.2, -0.15) is 0 Å². The first kappa shape index (κ1) is 14.1. The quantitative estimate of drug-likeness (QED) is 0.745. The van der Waals surface area contributed by atoms with Crippen LogP contribution in [0, 0.1) is 5.92 Å². The molecule has 2 fully saturated rings. The highest BCUT2D eigenvalue weighted by Gasteiger charge is 2.41. The zero-order valence-electron chi connectivity index (χ0n) is 11.7. The van der Waals surface area contributed by atoms with Crippen LogP contribution in [0.15, 0.2) is 0 Å². The van der Waals surface area contributed by atoms with Gasteiger partial charge >= 0.3 is 12.1 Å². The van der Waals surface area contributed by atoms with Crippen LogP contribution in [0.3, 0.4) is 0 Å². The third-order valence-corrected chi connectivity index (χ3v) is 3.66. The number of nitrogens with one attached hydrogen (secondary N) is 1. The van der Waals surface area contributed by atoms with E-state index < -0.39 is 17.6 Å². The smallest absolute Gasteiger partial charge is 0.410 e. The summed E-state index contributed by atoms with van der Waals surface area (Å²) in [5.74, 6) is -0.460. The molecule has 2 heterocycles. The van der Waals surface area contributed by atoms with Crippen molar-refractivity contribution in [1.82, 2.24) is 10.2 Å². The molecule has 0 aromatic heterocycles. The van der Waals surface area contributed by atoms with E-state index in [1.54, 1.807) is 4.90 Å². The third kappa shape index (κ3) is 3.37. The number of nitrogens with zero attached hydrogens (tertiary/aromatic N) is 1. The number of rotatable bonds is 1. The van der Waals surface area contributed by atoms with E-state index in [1.807, 2.05) is 20.8 Å². The first-order chi connectivity index (χ1) is 8.76. The molecule has 0 aromatic rings. The highest BCUT2D eigenvalue weighted by Crippen LogP contribution is 2.29. The number of ether oxygens (including phenoxy) is 1. The maximum atomic E-state index is 12.0. The van der Waals surface area contributed by atoms with Crippen molar-refractivity contribution in [3.05, 3.63) is 0 Å². The lowest BCUT2D eigenvalue weighted by Gasteiger charge is -2.35. The zero-order valence-corrected chi connectivity index (χ0v) is 11.7. The van der Waals surface area contributed by atoms with Gasteiger partial charge in [0.1, 0.15) is 11.6 Å². The molecular formula is C13H22N2O4. The van der Waals surface area contributed by atoms with Crippen LogP contribution < -0.4 is 5.32 Å². The van der Waals surface area contributed by atoms with E-state index in [9.17, 15) is 9.59 Å². The molecule has 0 aliphatic carbocycles. The van der Waals surface area contributed by atoms with Crippen molar-refractivity contribution in [3.63, 3.8) is 0 Å². The van der Waals surface area contributed by atoms with E-state index in [2.05, 4.69) is 5.32 Å². The second kappa shape index (κ2) is 5.00. The third-order valence-electron chi connectivity index (χ3n) is 3.66. The largest absolute Gasteiger partial charge is 0.480 e. The number of likely N-dealkylation sites (tertiary alicyclic amines) is 1. The first-order valence-corrected chi connectivity index (χ1v) is 6.73. The zero-order chi connectivity index (χ0) is 14.2. The Hall–Kier alpha value is -1.30. The molecule has 1 amide bonds. The van der Waals surface area contributed by atoms with Crippen molar-refractivity contribution in [2.45, 2.75) is 51.3 Å². The molecule has 2 aliphatic heterocycles. The number of fused-ring (bicyclic) bond motifs is 1. The maximum absolute atomic E-state index is 12.0. The second-order valence-corrected chi connectivity index (χ2v) is 6.37. The molecular weight excluding hydrogens is 248 g/mol. The van der Waals surface area contributed by atoms with Gasteiger partial charge in [0.25, 0.3) is 0 Å². The van der Waals surface area contributed by atoms with E-state index in [4.69, 9.17) is 9.84 Å². The summed E-state index contributed by atoms with van der Waals surface area (Å²) in [5, 5.41) is 12.1. The van der Waals surface area contributed by atoms with Gasteiger partial charge in [-0.3, -0.25) is 10.1 Å². The Morgan fingerprint density at radius 2 is 2.05 bits per heavy atom. The summed E-state index contributed by atoms with van der Waals surface area (Å²) in [5.41, 5.74) is -0.499. The number of carboxylic acids is 1. The first-order valence-electron chi connectivity index (χ1n) is 6.73. The Labute approximate surface area is 113 Å². The summed E-state index contributed by atoms with van der Waals surface area (Å²) in [6.07, 6.45) is 1.18. The highest BCUT2D eigenvalue weighted by atomic mass is 16.6. The predicted octanol–water partition coefficient (Wildman–Crippen LogP) is 1.06. The van der Waals surface area contributed by atoms with Crippen molar-refractivity contribution in [3.8, 4) is 0 Å². The molecule has 0 saturated carbocycles. The topological polar surface area (TPSA) is 78.9 Å². The van der Waals surface area contributed by atoms with Crippen LogP contribution >= 0.6 is 0 Å². The summed E-state index contributed by atoms with van der Waals surface area (Å²) in [4.78, 5) is 24.6. The monoisotopic (exact) mass is 270 g/mol. The maximum Gasteiger partial charge on any atom is 0.410 e. The molecule has 19 heavy (non-hydrogen) atoms. The van der Waals surface area contributed by atoms with Crippen molar-refractivity contribution >= 4 is 12.1 Å². The lowest BCUT2D eigenvalue weighted by molar-refractivity contribution is -0.139. The Kier molecular flexibility index (Phi) is 3.71. The van der Waals surface area contributed by atoms with Crippen molar-refractivity contribution in [1.29, 1.82) is 0 Å². The van der Waals surface area contributed by atoms with Crippen molar-refractivity contribution in [2.75, 3.05) is 13.1 Å². The molecule has 0 bridgehead atoms. The summed E-state index contributed by atoms with van der Waals surface area (Å²) in [6.45, 7) is 6.69. The molecule has 6 nitrogen and oxygen atoms in total. The fraction of sp³-hybridized carbons (Fsp3) is 0.846. The number of carbonyl (C=O) groups is 2. The normalized spacial score (nSPS) is 30.9. The van der Waals surface area contributed by atoms with E-state index in [-0.39, 0.29) is 12.1 Å². The summed E-state index contributed by atoms with van der Waals surface area (Å²) >= 11 is 0. The molecule has 2 rings (SSSR count). The minimum atomic E-state index is -0.807. The Morgan fingerprint density at radius 1 is 1.37 bits per heavy atom. The Morgan fingerprint density at radius 3 is 2.63 bits per heavy atom.